The molecule has 0 saturated carbocycles. The highest BCUT2D eigenvalue weighted by Crippen LogP contribution is 2.41. The molecule has 8 heteroatoms. The molecule has 1 saturated heterocycles. The lowest BCUT2D eigenvalue weighted by Gasteiger charge is -2.26. The molecule has 0 aliphatic carbocycles. The number of fused-ring (bicyclic) bond motifs is 1. The molecule has 2 aromatic carbocycles. The number of carbonyl (C=O) groups is 2. The summed E-state index contributed by atoms with van der Waals surface area (Å²) < 4.78 is 25.1. The number of Topliss-reactive ketones (excluding diaryl/α,β-unsaturated/α-hetero) is 1. The minimum atomic E-state index is -0.888. The maximum absolute atomic E-state index is 14.0. The normalized spacial score (nSPS) is 19.6. The van der Waals surface area contributed by atoms with Crippen molar-refractivity contribution in [2.75, 3.05) is 40.4 Å². The maximum atomic E-state index is 14.0. The number of amides is 1. The van der Waals surface area contributed by atoms with E-state index in [9.17, 15) is 19.1 Å². The lowest BCUT2D eigenvalue weighted by molar-refractivity contribution is -0.139. The molecule has 0 spiro atoms. The van der Waals surface area contributed by atoms with Crippen LogP contribution in [-0.4, -0.2) is 67.0 Å². The summed E-state index contributed by atoms with van der Waals surface area (Å²) in [7, 11) is 3.83. The van der Waals surface area contributed by atoms with E-state index in [2.05, 4.69) is 0 Å². The number of nitrogens with zero attached hydrogens (tertiary/aromatic N) is 2. The number of aliphatic hydroxyl groups is 1. The van der Waals surface area contributed by atoms with Crippen LogP contribution in [0.3, 0.4) is 0 Å². The molecule has 0 radical (unpaired) electrons. The first kappa shape index (κ1) is 21.8. The van der Waals surface area contributed by atoms with Crippen LogP contribution in [0.25, 0.3) is 5.76 Å². The van der Waals surface area contributed by atoms with Gasteiger partial charge in [0.05, 0.1) is 11.6 Å². The van der Waals surface area contributed by atoms with Crippen LogP contribution < -0.4 is 9.47 Å². The third-order valence-electron chi connectivity index (χ3n) is 5.52. The van der Waals surface area contributed by atoms with Crippen LogP contribution in [0, 0.1) is 5.82 Å². The number of carbonyl (C=O) groups excluding carboxylic acids is 2. The van der Waals surface area contributed by atoms with Crippen LogP contribution in [-0.2, 0) is 9.59 Å². The zero-order valence-electron chi connectivity index (χ0n) is 18.0. The van der Waals surface area contributed by atoms with Gasteiger partial charge in [-0.1, -0.05) is 12.1 Å². The molecule has 4 rings (SSSR count). The van der Waals surface area contributed by atoms with Crippen molar-refractivity contribution < 1.29 is 28.6 Å². The summed E-state index contributed by atoms with van der Waals surface area (Å²) in [6.45, 7) is 1.80. The van der Waals surface area contributed by atoms with E-state index in [4.69, 9.17) is 9.47 Å². The topological polar surface area (TPSA) is 79.3 Å². The second-order valence-corrected chi connectivity index (χ2v) is 8.06. The van der Waals surface area contributed by atoms with Crippen molar-refractivity contribution in [3.63, 3.8) is 0 Å². The van der Waals surface area contributed by atoms with Gasteiger partial charge >= 0.3 is 0 Å². The van der Waals surface area contributed by atoms with Gasteiger partial charge in [-0.25, -0.2) is 4.39 Å². The predicted octanol–water partition coefficient (Wildman–Crippen LogP) is 2.97. The molecule has 32 heavy (non-hydrogen) atoms. The van der Waals surface area contributed by atoms with Gasteiger partial charge in [-0.3, -0.25) is 9.59 Å². The van der Waals surface area contributed by atoms with Gasteiger partial charge in [0.15, 0.2) is 11.5 Å². The highest BCUT2D eigenvalue weighted by atomic mass is 19.1. The van der Waals surface area contributed by atoms with E-state index < -0.39 is 23.5 Å². The second-order valence-electron chi connectivity index (χ2n) is 8.06. The van der Waals surface area contributed by atoms with Crippen molar-refractivity contribution in [2.45, 2.75) is 12.5 Å². The Hall–Kier alpha value is -3.39. The zero-order chi connectivity index (χ0) is 22.8. The molecule has 1 atom stereocenters. The monoisotopic (exact) mass is 440 g/mol. The number of likely N-dealkylation sites (tertiary alicyclic amines) is 1. The standard InChI is InChI=1S/C24H25FN2O5/c1-26(2)9-4-10-27-21(15-5-3-6-17(25)13-15)20(23(29)24(27)30)22(28)16-7-8-18-19(14-16)32-12-11-31-18/h3,5-8,13-14,21,28H,4,9-12H2,1-2H3/b22-20-. The van der Waals surface area contributed by atoms with Crippen LogP contribution in [0.15, 0.2) is 48.0 Å². The quantitative estimate of drug-likeness (QED) is 0.423. The van der Waals surface area contributed by atoms with Gasteiger partial charge in [0.25, 0.3) is 11.7 Å². The number of aliphatic hydroxyl groups excluding tert-OH is 1. The number of ketones is 1. The molecule has 1 amide bonds. The summed E-state index contributed by atoms with van der Waals surface area (Å²) in [5, 5.41) is 11.1. The van der Waals surface area contributed by atoms with Crippen molar-refractivity contribution in [2.24, 2.45) is 0 Å². The largest absolute Gasteiger partial charge is 0.507 e. The molecule has 2 aromatic rings. The summed E-state index contributed by atoms with van der Waals surface area (Å²) in [6, 6.07) is 9.69. The number of ether oxygens (including phenoxy) is 2. The second kappa shape index (κ2) is 9.00. The Morgan fingerprint density at radius 2 is 1.88 bits per heavy atom. The van der Waals surface area contributed by atoms with E-state index in [0.29, 0.717) is 55.4 Å². The molecular formula is C24H25FN2O5. The Balaban J connectivity index is 1.79. The van der Waals surface area contributed by atoms with Gasteiger partial charge < -0.3 is 24.4 Å². The van der Waals surface area contributed by atoms with Crippen molar-refractivity contribution in [3.8, 4) is 11.5 Å². The molecule has 2 aliphatic heterocycles. The van der Waals surface area contributed by atoms with Crippen LogP contribution >= 0.6 is 0 Å². The number of rotatable bonds is 6. The van der Waals surface area contributed by atoms with E-state index in [1.807, 2.05) is 19.0 Å². The Morgan fingerprint density at radius 1 is 1.12 bits per heavy atom. The highest BCUT2D eigenvalue weighted by Gasteiger charge is 2.46. The van der Waals surface area contributed by atoms with Crippen molar-refractivity contribution in [1.29, 1.82) is 0 Å². The Bertz CT molecular complexity index is 1080. The summed E-state index contributed by atoms with van der Waals surface area (Å²) in [5.41, 5.74) is 0.678. The highest BCUT2D eigenvalue weighted by molar-refractivity contribution is 6.46. The fraction of sp³-hybridized carbons (Fsp3) is 0.333. The number of halogens is 1. The lowest BCUT2D eigenvalue weighted by atomic mass is 9.95. The molecule has 168 valence electrons. The zero-order valence-corrected chi connectivity index (χ0v) is 18.0. The first-order chi connectivity index (χ1) is 15.4. The minimum Gasteiger partial charge on any atom is -0.507 e. The first-order valence-electron chi connectivity index (χ1n) is 10.5. The van der Waals surface area contributed by atoms with Crippen molar-refractivity contribution in [1.82, 2.24) is 9.80 Å². The molecule has 2 heterocycles. The fourth-order valence-corrected chi connectivity index (χ4v) is 4.04. The van der Waals surface area contributed by atoms with Gasteiger partial charge in [-0.05, 0) is 63.0 Å². The number of hydrogen-bond donors (Lipinski definition) is 1. The van der Waals surface area contributed by atoms with E-state index in [1.54, 1.807) is 24.3 Å². The maximum Gasteiger partial charge on any atom is 0.295 e. The molecule has 1 unspecified atom stereocenters. The van der Waals surface area contributed by atoms with Gasteiger partial charge in [-0.2, -0.15) is 0 Å². The SMILES string of the molecule is CN(C)CCCN1C(=O)C(=O)/C(=C(\O)c2ccc3c(c2)OCCO3)C1c1cccc(F)c1. The molecule has 7 nitrogen and oxygen atoms in total. The fourth-order valence-electron chi connectivity index (χ4n) is 4.04. The third-order valence-corrected chi connectivity index (χ3v) is 5.52. The molecule has 0 aromatic heterocycles. The van der Waals surface area contributed by atoms with Crippen LogP contribution in [0.5, 0.6) is 11.5 Å². The minimum absolute atomic E-state index is 0.0675. The average Bonchev–Trinajstić information content (AvgIpc) is 3.03. The molecular weight excluding hydrogens is 415 g/mol. The van der Waals surface area contributed by atoms with Crippen LogP contribution in [0.2, 0.25) is 0 Å². The molecule has 2 aliphatic rings. The van der Waals surface area contributed by atoms with E-state index >= 15 is 0 Å². The van der Waals surface area contributed by atoms with Gasteiger partial charge in [0.1, 0.15) is 24.8 Å². The smallest absolute Gasteiger partial charge is 0.295 e. The van der Waals surface area contributed by atoms with E-state index in [0.717, 1.165) is 0 Å². The summed E-state index contributed by atoms with van der Waals surface area (Å²) in [5.74, 6) is -1.33. The van der Waals surface area contributed by atoms with E-state index in [-0.39, 0.29) is 11.3 Å². The van der Waals surface area contributed by atoms with Gasteiger partial charge in [0.2, 0.25) is 0 Å². The lowest BCUT2D eigenvalue weighted by Crippen LogP contribution is -2.32. The average molecular weight is 440 g/mol. The summed E-state index contributed by atoms with van der Waals surface area (Å²) in [4.78, 5) is 29.3. The van der Waals surface area contributed by atoms with Crippen molar-refractivity contribution in [3.05, 3.63) is 65.0 Å². The Kier molecular flexibility index (Phi) is 6.14. The Labute approximate surface area is 185 Å². The number of benzene rings is 2. The summed E-state index contributed by atoms with van der Waals surface area (Å²) in [6.07, 6.45) is 0.621. The third kappa shape index (κ3) is 4.18. The predicted molar refractivity (Wildman–Crippen MR) is 116 cm³/mol. The first-order valence-corrected chi connectivity index (χ1v) is 10.5. The molecule has 1 N–H and O–H groups in total. The molecule has 0 bridgehead atoms. The van der Waals surface area contributed by atoms with Crippen LogP contribution in [0.4, 0.5) is 4.39 Å². The van der Waals surface area contributed by atoms with Gasteiger partial charge in [-0.15, -0.1) is 0 Å². The van der Waals surface area contributed by atoms with Crippen molar-refractivity contribution >= 4 is 17.4 Å². The van der Waals surface area contributed by atoms with Crippen LogP contribution in [0.1, 0.15) is 23.6 Å². The molecule has 1 fully saturated rings. The summed E-state index contributed by atoms with van der Waals surface area (Å²) >= 11 is 0. The number of hydrogen-bond acceptors (Lipinski definition) is 6. The van der Waals surface area contributed by atoms with E-state index in [1.165, 1.54) is 23.1 Å². The Morgan fingerprint density at radius 3 is 2.59 bits per heavy atom. The van der Waals surface area contributed by atoms with Gasteiger partial charge in [0, 0.05) is 12.1 Å².